The number of hydrogen-bond acceptors (Lipinski definition) is 4. The minimum atomic E-state index is -0.0600. The van der Waals surface area contributed by atoms with Gasteiger partial charge in [0.2, 0.25) is 11.8 Å². The highest BCUT2D eigenvalue weighted by atomic mass is 35.5. The van der Waals surface area contributed by atoms with Crippen molar-refractivity contribution < 1.29 is 9.59 Å². The van der Waals surface area contributed by atoms with Crippen molar-refractivity contribution in [2.45, 2.75) is 17.7 Å². The fourth-order valence-corrected chi connectivity index (χ4v) is 2.44. The molecule has 0 unspecified atom stereocenters. The number of carbonyl (C=O) groups excluding carboxylic acids is 2. The van der Waals surface area contributed by atoms with E-state index in [0.29, 0.717) is 30.8 Å². The Hall–Kier alpha value is -1.24. The van der Waals surface area contributed by atoms with Gasteiger partial charge in [-0.3, -0.25) is 9.59 Å². The Kier molecular flexibility index (Phi) is 6.14. The molecule has 0 fully saturated rings. The summed E-state index contributed by atoms with van der Waals surface area (Å²) >= 11 is 1.50. The van der Waals surface area contributed by atoms with E-state index in [4.69, 9.17) is 5.73 Å². The number of rotatable bonds is 4. The number of anilines is 2. The summed E-state index contributed by atoms with van der Waals surface area (Å²) in [6.45, 7) is 0.504. The van der Waals surface area contributed by atoms with Gasteiger partial charge in [0.1, 0.15) is 0 Å². The lowest BCUT2D eigenvalue weighted by Gasteiger charge is -2.17. The van der Waals surface area contributed by atoms with Crippen LogP contribution in [0.1, 0.15) is 12.8 Å². The van der Waals surface area contributed by atoms with Crippen LogP contribution >= 0.6 is 24.2 Å². The molecule has 1 aliphatic heterocycles. The van der Waals surface area contributed by atoms with Crippen LogP contribution < -0.4 is 16.4 Å². The fraction of sp³-hybridized carbons (Fsp3) is 0.333. The number of amides is 2. The summed E-state index contributed by atoms with van der Waals surface area (Å²) in [6, 6.07) is 5.52. The number of carbonyl (C=O) groups is 2. The van der Waals surface area contributed by atoms with Gasteiger partial charge in [-0.05, 0) is 31.2 Å². The van der Waals surface area contributed by atoms with Crippen LogP contribution in [0.5, 0.6) is 0 Å². The predicted octanol–water partition coefficient (Wildman–Crippen LogP) is 1.83. The summed E-state index contributed by atoms with van der Waals surface area (Å²) in [7, 11) is 0. The summed E-state index contributed by atoms with van der Waals surface area (Å²) in [5.41, 5.74) is 6.80. The minimum Gasteiger partial charge on any atom is -0.330 e. The molecule has 2 amide bonds. The van der Waals surface area contributed by atoms with E-state index >= 15 is 0 Å². The normalized spacial score (nSPS) is 13.0. The number of nitrogens with one attached hydrogen (secondary N) is 2. The Labute approximate surface area is 122 Å². The van der Waals surface area contributed by atoms with Gasteiger partial charge in [-0.1, -0.05) is 0 Å². The molecule has 7 heteroatoms. The van der Waals surface area contributed by atoms with Crippen molar-refractivity contribution in [3.8, 4) is 0 Å². The van der Waals surface area contributed by atoms with E-state index in [2.05, 4.69) is 10.6 Å². The molecule has 4 N–H and O–H groups in total. The topological polar surface area (TPSA) is 84.2 Å². The molecule has 0 bridgehead atoms. The first-order valence-electron chi connectivity index (χ1n) is 5.75. The summed E-state index contributed by atoms with van der Waals surface area (Å²) in [5, 5.41) is 5.57. The fourth-order valence-electron chi connectivity index (χ4n) is 1.65. The lowest BCUT2D eigenvalue weighted by Crippen LogP contribution is -2.19. The van der Waals surface area contributed by atoms with Crippen molar-refractivity contribution >= 4 is 47.4 Å². The molecule has 0 aromatic heterocycles. The first-order valence-corrected chi connectivity index (χ1v) is 6.74. The second kappa shape index (κ2) is 7.37. The zero-order valence-corrected chi connectivity index (χ0v) is 11.9. The first kappa shape index (κ1) is 15.8. The van der Waals surface area contributed by atoms with Crippen LogP contribution in [-0.4, -0.2) is 24.1 Å². The van der Waals surface area contributed by atoms with E-state index in [-0.39, 0.29) is 24.2 Å². The van der Waals surface area contributed by atoms with E-state index in [1.807, 2.05) is 12.1 Å². The highest BCUT2D eigenvalue weighted by Crippen LogP contribution is 2.33. The number of thioether (sulfide) groups is 1. The van der Waals surface area contributed by atoms with E-state index in [0.717, 1.165) is 10.6 Å². The Morgan fingerprint density at radius 2 is 2.26 bits per heavy atom. The molecule has 5 nitrogen and oxygen atoms in total. The highest BCUT2D eigenvalue weighted by molar-refractivity contribution is 8.00. The monoisotopic (exact) mass is 301 g/mol. The highest BCUT2D eigenvalue weighted by Gasteiger charge is 2.15. The molecule has 0 spiro atoms. The lowest BCUT2D eigenvalue weighted by atomic mass is 10.2. The molecule has 2 rings (SSSR count). The van der Waals surface area contributed by atoms with Crippen molar-refractivity contribution in [3.05, 3.63) is 18.2 Å². The summed E-state index contributed by atoms with van der Waals surface area (Å²) in [5.74, 6) is 0.365. The number of hydrogen-bond donors (Lipinski definition) is 3. The summed E-state index contributed by atoms with van der Waals surface area (Å²) in [6.07, 6.45) is 1.08. The van der Waals surface area contributed by atoms with Crippen LogP contribution in [0.4, 0.5) is 11.4 Å². The van der Waals surface area contributed by atoms with Gasteiger partial charge >= 0.3 is 0 Å². The Morgan fingerprint density at radius 3 is 3.00 bits per heavy atom. The van der Waals surface area contributed by atoms with Crippen LogP contribution in [0.15, 0.2) is 23.1 Å². The van der Waals surface area contributed by atoms with Crippen molar-refractivity contribution in [3.63, 3.8) is 0 Å². The molecule has 0 saturated heterocycles. The molecule has 1 aromatic carbocycles. The maximum absolute atomic E-state index is 11.5. The second-order valence-electron chi connectivity index (χ2n) is 3.99. The van der Waals surface area contributed by atoms with Gasteiger partial charge in [-0.15, -0.1) is 24.2 Å². The van der Waals surface area contributed by atoms with E-state index in [1.165, 1.54) is 11.8 Å². The zero-order chi connectivity index (χ0) is 13.0. The molecule has 0 saturated carbocycles. The maximum atomic E-state index is 11.5. The van der Waals surface area contributed by atoms with Crippen LogP contribution in [0.25, 0.3) is 0 Å². The Balaban J connectivity index is 0.00000180. The third kappa shape index (κ3) is 4.41. The average molecular weight is 302 g/mol. The van der Waals surface area contributed by atoms with E-state index in [1.54, 1.807) is 6.07 Å². The van der Waals surface area contributed by atoms with Crippen molar-refractivity contribution in [1.82, 2.24) is 0 Å². The summed E-state index contributed by atoms with van der Waals surface area (Å²) in [4.78, 5) is 23.8. The van der Waals surface area contributed by atoms with Crippen molar-refractivity contribution in [2.24, 2.45) is 5.73 Å². The lowest BCUT2D eigenvalue weighted by molar-refractivity contribution is -0.116. The van der Waals surface area contributed by atoms with Gasteiger partial charge in [0.25, 0.3) is 0 Å². The molecule has 1 heterocycles. The molecule has 104 valence electrons. The zero-order valence-electron chi connectivity index (χ0n) is 10.3. The van der Waals surface area contributed by atoms with Gasteiger partial charge < -0.3 is 16.4 Å². The number of benzene rings is 1. The largest absolute Gasteiger partial charge is 0.330 e. The van der Waals surface area contributed by atoms with Gasteiger partial charge in [-0.2, -0.15) is 0 Å². The van der Waals surface area contributed by atoms with Gasteiger partial charge in [0, 0.05) is 17.0 Å². The Morgan fingerprint density at radius 1 is 1.47 bits per heavy atom. The van der Waals surface area contributed by atoms with Crippen LogP contribution in [0, 0.1) is 0 Å². The van der Waals surface area contributed by atoms with Gasteiger partial charge in [0.05, 0.1) is 11.4 Å². The van der Waals surface area contributed by atoms with Crippen LogP contribution in [0.2, 0.25) is 0 Å². The third-order valence-corrected chi connectivity index (χ3v) is 3.58. The molecule has 19 heavy (non-hydrogen) atoms. The van der Waals surface area contributed by atoms with Crippen LogP contribution in [0.3, 0.4) is 0 Å². The molecule has 0 atom stereocenters. The quantitative estimate of drug-likeness (QED) is 0.792. The average Bonchev–Trinajstić information content (AvgIpc) is 2.36. The molecule has 1 aromatic rings. The van der Waals surface area contributed by atoms with Crippen LogP contribution in [-0.2, 0) is 9.59 Å². The number of halogens is 1. The number of nitrogens with two attached hydrogens (primary N) is 1. The molecule has 1 aliphatic rings. The van der Waals surface area contributed by atoms with Gasteiger partial charge in [0.15, 0.2) is 0 Å². The first-order chi connectivity index (χ1) is 8.69. The second-order valence-corrected chi connectivity index (χ2v) is 5.01. The van der Waals surface area contributed by atoms with Crippen molar-refractivity contribution in [1.29, 1.82) is 0 Å². The smallest absolute Gasteiger partial charge is 0.234 e. The van der Waals surface area contributed by atoms with Crippen molar-refractivity contribution in [2.75, 3.05) is 22.9 Å². The molecule has 0 radical (unpaired) electrons. The van der Waals surface area contributed by atoms with Gasteiger partial charge in [-0.25, -0.2) is 0 Å². The maximum Gasteiger partial charge on any atom is 0.234 e. The summed E-state index contributed by atoms with van der Waals surface area (Å²) < 4.78 is 0. The van der Waals surface area contributed by atoms with E-state index in [9.17, 15) is 9.59 Å². The Bertz CT molecular complexity index is 482. The minimum absolute atomic E-state index is 0. The SMILES string of the molecule is Cl.NCCCC(=O)Nc1ccc2c(c1)NC(=O)CS2. The standard InChI is InChI=1S/C12H15N3O2S.ClH/c13-5-1-2-11(16)14-8-3-4-10-9(6-8)15-12(17)7-18-10;/h3-4,6H,1-2,5,7,13H2,(H,14,16)(H,15,17);1H. The van der Waals surface area contributed by atoms with E-state index < -0.39 is 0 Å². The number of fused-ring (bicyclic) bond motifs is 1. The predicted molar refractivity (Wildman–Crippen MR) is 80.0 cm³/mol. The molecular weight excluding hydrogens is 286 g/mol. The third-order valence-electron chi connectivity index (χ3n) is 2.50. The molecule has 0 aliphatic carbocycles. The molecular formula is C12H16ClN3O2S.